The van der Waals surface area contributed by atoms with Gasteiger partial charge in [0.25, 0.3) is 0 Å². The molecular formula is C12H20N2. The highest BCUT2D eigenvalue weighted by atomic mass is 14.8. The van der Waals surface area contributed by atoms with E-state index in [0.717, 1.165) is 38.8 Å². The van der Waals surface area contributed by atoms with Crippen LogP contribution in [-0.4, -0.2) is 13.1 Å². The number of hydrogen-bond donors (Lipinski definition) is 1. The molecule has 0 saturated heterocycles. The zero-order valence-corrected chi connectivity index (χ0v) is 9.27. The molecule has 1 N–H and O–H groups in total. The van der Waals surface area contributed by atoms with Gasteiger partial charge in [0.05, 0.1) is 11.5 Å². The first-order valence-corrected chi connectivity index (χ1v) is 5.18. The number of terminal acetylenes is 1. The molecule has 14 heavy (non-hydrogen) atoms. The van der Waals surface area contributed by atoms with Crippen molar-refractivity contribution in [2.75, 3.05) is 13.1 Å². The van der Waals surface area contributed by atoms with Crippen LogP contribution in [0.15, 0.2) is 0 Å². The van der Waals surface area contributed by atoms with Crippen LogP contribution < -0.4 is 5.32 Å². The highest BCUT2D eigenvalue weighted by Crippen LogP contribution is 2.16. The molecular weight excluding hydrogens is 172 g/mol. The van der Waals surface area contributed by atoms with Gasteiger partial charge >= 0.3 is 0 Å². The number of nitriles is 1. The first-order valence-electron chi connectivity index (χ1n) is 5.18. The fourth-order valence-corrected chi connectivity index (χ4v) is 1.06. The van der Waals surface area contributed by atoms with Crippen LogP contribution in [0.5, 0.6) is 0 Å². The van der Waals surface area contributed by atoms with E-state index >= 15 is 0 Å². The van der Waals surface area contributed by atoms with Gasteiger partial charge in [0.15, 0.2) is 0 Å². The number of hydrogen-bond acceptors (Lipinski definition) is 2. The number of unbranched alkanes of at least 4 members (excludes halogenated alkanes) is 2. The Morgan fingerprint density at radius 1 is 1.29 bits per heavy atom. The lowest BCUT2D eigenvalue weighted by Crippen LogP contribution is -2.22. The molecule has 0 aromatic heterocycles. The molecule has 0 aliphatic carbocycles. The maximum Gasteiger partial charge on any atom is 0.0684 e. The SMILES string of the molecule is C#CCCCCNCCC(C)(C)C#N. The lowest BCUT2D eigenvalue weighted by Gasteiger charge is -2.14. The summed E-state index contributed by atoms with van der Waals surface area (Å²) >= 11 is 0. The first-order chi connectivity index (χ1) is 6.62. The van der Waals surface area contributed by atoms with Gasteiger partial charge in [0, 0.05) is 6.42 Å². The van der Waals surface area contributed by atoms with Crippen molar-refractivity contribution in [3.63, 3.8) is 0 Å². The fraction of sp³-hybridized carbons (Fsp3) is 0.750. The second-order valence-electron chi connectivity index (χ2n) is 4.16. The Hall–Kier alpha value is -0.990. The Bertz CT molecular complexity index is 217. The van der Waals surface area contributed by atoms with Gasteiger partial charge in [-0.2, -0.15) is 5.26 Å². The third-order valence-corrected chi connectivity index (χ3v) is 2.15. The number of rotatable bonds is 7. The molecule has 0 saturated carbocycles. The second kappa shape index (κ2) is 7.42. The van der Waals surface area contributed by atoms with Gasteiger partial charge < -0.3 is 5.32 Å². The standard InChI is InChI=1S/C12H20N2/c1-4-5-6-7-9-14-10-8-12(2,3)11-13/h1,14H,5-10H2,2-3H3. The molecule has 0 radical (unpaired) electrons. The average Bonchev–Trinajstić information content (AvgIpc) is 2.16. The lowest BCUT2D eigenvalue weighted by atomic mass is 9.91. The van der Waals surface area contributed by atoms with Crippen molar-refractivity contribution >= 4 is 0 Å². The summed E-state index contributed by atoms with van der Waals surface area (Å²) in [5.74, 6) is 2.62. The summed E-state index contributed by atoms with van der Waals surface area (Å²) in [5, 5.41) is 12.1. The molecule has 0 aliphatic rings. The minimum atomic E-state index is -0.203. The quantitative estimate of drug-likeness (QED) is 0.496. The van der Waals surface area contributed by atoms with E-state index in [4.69, 9.17) is 11.7 Å². The monoisotopic (exact) mass is 192 g/mol. The number of nitrogens with zero attached hydrogens (tertiary/aromatic N) is 1. The molecule has 0 rings (SSSR count). The second-order valence-corrected chi connectivity index (χ2v) is 4.16. The Morgan fingerprint density at radius 2 is 2.00 bits per heavy atom. The highest BCUT2D eigenvalue weighted by Gasteiger charge is 2.14. The molecule has 2 heteroatoms. The Morgan fingerprint density at radius 3 is 2.57 bits per heavy atom. The largest absolute Gasteiger partial charge is 0.317 e. The summed E-state index contributed by atoms with van der Waals surface area (Å²) in [6, 6.07) is 2.29. The Balaban J connectivity index is 3.24. The van der Waals surface area contributed by atoms with Crippen molar-refractivity contribution in [2.45, 2.75) is 39.5 Å². The normalized spacial score (nSPS) is 10.6. The van der Waals surface area contributed by atoms with Gasteiger partial charge in [0.2, 0.25) is 0 Å². The van der Waals surface area contributed by atoms with Gasteiger partial charge in [-0.15, -0.1) is 12.3 Å². The summed E-state index contributed by atoms with van der Waals surface area (Å²) in [5.41, 5.74) is -0.203. The molecule has 0 unspecified atom stereocenters. The van der Waals surface area contributed by atoms with E-state index in [1.807, 2.05) is 13.8 Å². The summed E-state index contributed by atoms with van der Waals surface area (Å²) in [6.07, 6.45) is 9.12. The van der Waals surface area contributed by atoms with Crippen LogP contribution in [0.4, 0.5) is 0 Å². The van der Waals surface area contributed by atoms with E-state index in [-0.39, 0.29) is 5.41 Å². The highest BCUT2D eigenvalue weighted by molar-refractivity contribution is 4.91. The summed E-state index contributed by atoms with van der Waals surface area (Å²) in [6.45, 7) is 5.85. The van der Waals surface area contributed by atoms with Crippen LogP contribution in [0.2, 0.25) is 0 Å². The summed E-state index contributed by atoms with van der Waals surface area (Å²) < 4.78 is 0. The van der Waals surface area contributed by atoms with Gasteiger partial charge in [-0.05, 0) is 46.2 Å². The Kier molecular flexibility index (Phi) is 6.89. The van der Waals surface area contributed by atoms with Crippen molar-refractivity contribution in [3.05, 3.63) is 0 Å². The van der Waals surface area contributed by atoms with Gasteiger partial charge in [-0.1, -0.05) is 0 Å². The first kappa shape index (κ1) is 13.0. The minimum Gasteiger partial charge on any atom is -0.317 e. The smallest absolute Gasteiger partial charge is 0.0684 e. The van der Waals surface area contributed by atoms with Crippen molar-refractivity contribution in [1.82, 2.24) is 5.32 Å². The van der Waals surface area contributed by atoms with Crippen molar-refractivity contribution in [3.8, 4) is 18.4 Å². The summed E-state index contributed by atoms with van der Waals surface area (Å²) in [7, 11) is 0. The molecule has 0 fully saturated rings. The van der Waals surface area contributed by atoms with Gasteiger partial charge in [-0.25, -0.2) is 0 Å². The third-order valence-electron chi connectivity index (χ3n) is 2.15. The maximum absolute atomic E-state index is 8.77. The number of nitrogens with one attached hydrogen (secondary N) is 1. The van der Waals surface area contributed by atoms with Crippen LogP contribution >= 0.6 is 0 Å². The van der Waals surface area contributed by atoms with Crippen molar-refractivity contribution < 1.29 is 0 Å². The summed E-state index contributed by atoms with van der Waals surface area (Å²) in [4.78, 5) is 0. The van der Waals surface area contributed by atoms with E-state index < -0.39 is 0 Å². The molecule has 0 bridgehead atoms. The predicted octanol–water partition coefficient (Wildman–Crippen LogP) is 2.32. The van der Waals surface area contributed by atoms with Crippen molar-refractivity contribution in [1.29, 1.82) is 5.26 Å². The van der Waals surface area contributed by atoms with E-state index in [2.05, 4.69) is 17.3 Å². The van der Waals surface area contributed by atoms with Gasteiger partial charge in [0.1, 0.15) is 0 Å². The molecule has 0 atom stereocenters. The van der Waals surface area contributed by atoms with Gasteiger partial charge in [-0.3, -0.25) is 0 Å². The van der Waals surface area contributed by atoms with Crippen LogP contribution in [0.3, 0.4) is 0 Å². The Labute approximate surface area is 87.7 Å². The van der Waals surface area contributed by atoms with Crippen molar-refractivity contribution in [2.24, 2.45) is 5.41 Å². The average molecular weight is 192 g/mol. The molecule has 0 aromatic carbocycles. The lowest BCUT2D eigenvalue weighted by molar-refractivity contribution is 0.431. The van der Waals surface area contributed by atoms with E-state index in [9.17, 15) is 0 Å². The maximum atomic E-state index is 8.77. The molecule has 0 heterocycles. The van der Waals surface area contributed by atoms with Crippen LogP contribution in [0.1, 0.15) is 39.5 Å². The molecule has 0 aromatic rings. The molecule has 0 amide bonds. The third kappa shape index (κ3) is 7.65. The van der Waals surface area contributed by atoms with Crippen LogP contribution in [0, 0.1) is 29.1 Å². The van der Waals surface area contributed by atoms with Crippen LogP contribution in [0.25, 0.3) is 0 Å². The zero-order valence-electron chi connectivity index (χ0n) is 9.27. The molecule has 0 aliphatic heterocycles. The predicted molar refractivity (Wildman–Crippen MR) is 59.6 cm³/mol. The van der Waals surface area contributed by atoms with E-state index in [0.29, 0.717) is 0 Å². The van der Waals surface area contributed by atoms with E-state index in [1.165, 1.54) is 0 Å². The minimum absolute atomic E-state index is 0.203. The van der Waals surface area contributed by atoms with Crippen LogP contribution in [-0.2, 0) is 0 Å². The molecule has 78 valence electrons. The fourth-order valence-electron chi connectivity index (χ4n) is 1.06. The molecule has 2 nitrogen and oxygen atoms in total. The zero-order chi connectivity index (χ0) is 10.9. The van der Waals surface area contributed by atoms with E-state index in [1.54, 1.807) is 0 Å². The molecule has 0 spiro atoms. The topological polar surface area (TPSA) is 35.8 Å².